The molecule has 0 aliphatic carbocycles. The molecule has 1 amide bonds. The summed E-state index contributed by atoms with van der Waals surface area (Å²) in [5, 5.41) is 2.91. The van der Waals surface area contributed by atoms with Crippen molar-refractivity contribution in [1.29, 1.82) is 0 Å². The fourth-order valence-corrected chi connectivity index (χ4v) is 4.44. The van der Waals surface area contributed by atoms with Gasteiger partial charge >= 0.3 is 0 Å². The number of rotatable bonds is 7. The Labute approximate surface area is 205 Å². The van der Waals surface area contributed by atoms with Gasteiger partial charge in [-0.15, -0.1) is 0 Å². The Morgan fingerprint density at radius 2 is 1.80 bits per heavy atom. The zero-order chi connectivity index (χ0) is 24.0. The Morgan fingerprint density at radius 1 is 1.03 bits per heavy atom. The van der Waals surface area contributed by atoms with Crippen LogP contribution in [0, 0.1) is 6.92 Å². The summed E-state index contributed by atoms with van der Waals surface area (Å²) in [5.41, 5.74) is 3.68. The molecule has 0 radical (unpaired) electrons. The number of anilines is 1. The van der Waals surface area contributed by atoms with Crippen molar-refractivity contribution in [2.45, 2.75) is 19.6 Å². The molecule has 0 bridgehead atoms. The van der Waals surface area contributed by atoms with Crippen molar-refractivity contribution in [1.82, 2.24) is 15.2 Å². The molecule has 3 heterocycles. The minimum absolute atomic E-state index is 0.0954. The first-order valence-electron chi connectivity index (χ1n) is 12.2. The number of carbonyl (C=O) groups is 1. The summed E-state index contributed by atoms with van der Waals surface area (Å²) < 4.78 is 16.9. The van der Waals surface area contributed by atoms with E-state index in [1.54, 1.807) is 12.1 Å². The van der Waals surface area contributed by atoms with Gasteiger partial charge in [-0.3, -0.25) is 9.69 Å². The van der Waals surface area contributed by atoms with Crippen LogP contribution in [0.2, 0.25) is 0 Å². The van der Waals surface area contributed by atoms with Gasteiger partial charge in [-0.2, -0.15) is 0 Å². The van der Waals surface area contributed by atoms with E-state index in [9.17, 15) is 4.79 Å². The van der Waals surface area contributed by atoms with Crippen LogP contribution < -0.4 is 10.2 Å². The number of oxazole rings is 1. The summed E-state index contributed by atoms with van der Waals surface area (Å²) in [6.45, 7) is 8.81. The zero-order valence-electron chi connectivity index (χ0n) is 20.1. The average molecular weight is 477 g/mol. The molecular formula is C27H32N4O4. The van der Waals surface area contributed by atoms with E-state index >= 15 is 0 Å². The molecule has 8 nitrogen and oxygen atoms in total. The van der Waals surface area contributed by atoms with Crippen LogP contribution >= 0.6 is 0 Å². The number of amides is 1. The standard InChI is InChI=1S/C27H32N4O4/c1-20-25(18-30-11-13-31(14-12-30)23-5-3-2-4-6-23)29-27(35-20)22-9-7-21(8-10-22)26(32)28-17-24-19-33-15-16-34-24/h2-10,24H,11-19H2,1H3,(H,28,32)/t24-/m1/s1. The lowest BCUT2D eigenvalue weighted by Crippen LogP contribution is -2.46. The van der Waals surface area contributed by atoms with Crippen molar-refractivity contribution >= 4 is 11.6 Å². The Balaban J connectivity index is 1.15. The second kappa shape index (κ2) is 11.0. The van der Waals surface area contributed by atoms with Gasteiger partial charge in [-0.05, 0) is 43.3 Å². The molecule has 2 aliphatic rings. The zero-order valence-corrected chi connectivity index (χ0v) is 20.1. The number of nitrogens with zero attached hydrogens (tertiary/aromatic N) is 3. The Morgan fingerprint density at radius 3 is 2.51 bits per heavy atom. The Kier molecular flexibility index (Phi) is 7.42. The number of aryl methyl sites for hydroxylation is 1. The number of piperazine rings is 1. The average Bonchev–Trinajstić information content (AvgIpc) is 3.28. The topological polar surface area (TPSA) is 80.1 Å². The molecule has 35 heavy (non-hydrogen) atoms. The summed E-state index contributed by atoms with van der Waals surface area (Å²) >= 11 is 0. The van der Waals surface area contributed by atoms with Crippen molar-refractivity contribution in [3.8, 4) is 11.5 Å². The first kappa shape index (κ1) is 23.5. The highest BCUT2D eigenvalue weighted by Gasteiger charge is 2.21. The molecule has 1 atom stereocenters. The van der Waals surface area contributed by atoms with Crippen molar-refractivity contribution in [2.75, 3.05) is 57.4 Å². The number of nitrogens with one attached hydrogen (secondary N) is 1. The third-order valence-corrected chi connectivity index (χ3v) is 6.53. The number of benzene rings is 2. The van der Waals surface area contributed by atoms with Gasteiger partial charge in [-0.1, -0.05) is 18.2 Å². The van der Waals surface area contributed by atoms with Crippen molar-refractivity contribution in [3.05, 3.63) is 71.6 Å². The number of ether oxygens (including phenoxy) is 2. The van der Waals surface area contributed by atoms with Gasteiger partial charge in [0.15, 0.2) is 0 Å². The number of carbonyl (C=O) groups excluding carboxylic acids is 1. The quantitative estimate of drug-likeness (QED) is 0.561. The van der Waals surface area contributed by atoms with E-state index in [0.29, 0.717) is 37.8 Å². The van der Waals surface area contributed by atoms with Gasteiger partial charge in [0.2, 0.25) is 5.89 Å². The van der Waals surface area contributed by atoms with Gasteiger partial charge in [-0.25, -0.2) is 4.98 Å². The molecule has 2 fully saturated rings. The summed E-state index contributed by atoms with van der Waals surface area (Å²) in [4.78, 5) is 22.1. The smallest absolute Gasteiger partial charge is 0.251 e. The first-order chi connectivity index (χ1) is 17.2. The van der Waals surface area contributed by atoms with Gasteiger partial charge in [0, 0.05) is 56.1 Å². The fourth-order valence-electron chi connectivity index (χ4n) is 4.44. The summed E-state index contributed by atoms with van der Waals surface area (Å²) in [6.07, 6.45) is -0.0954. The van der Waals surface area contributed by atoms with E-state index in [2.05, 4.69) is 45.4 Å². The van der Waals surface area contributed by atoms with Gasteiger partial charge < -0.3 is 24.1 Å². The summed E-state index contributed by atoms with van der Waals surface area (Å²) in [7, 11) is 0. The highest BCUT2D eigenvalue weighted by Crippen LogP contribution is 2.24. The molecule has 0 spiro atoms. The van der Waals surface area contributed by atoms with Crippen molar-refractivity contribution in [2.24, 2.45) is 0 Å². The first-order valence-corrected chi connectivity index (χ1v) is 12.2. The maximum atomic E-state index is 12.5. The highest BCUT2D eigenvalue weighted by atomic mass is 16.6. The molecule has 5 rings (SSSR count). The van der Waals surface area contributed by atoms with Crippen LogP contribution in [0.15, 0.2) is 59.0 Å². The van der Waals surface area contributed by atoms with E-state index in [1.807, 2.05) is 19.1 Å². The van der Waals surface area contributed by atoms with E-state index < -0.39 is 0 Å². The van der Waals surface area contributed by atoms with Crippen LogP contribution in [-0.2, 0) is 16.0 Å². The van der Waals surface area contributed by atoms with Crippen LogP contribution in [0.5, 0.6) is 0 Å². The lowest BCUT2D eigenvalue weighted by atomic mass is 10.1. The number of aromatic nitrogens is 1. The highest BCUT2D eigenvalue weighted by molar-refractivity contribution is 5.94. The second-order valence-electron chi connectivity index (χ2n) is 8.98. The van der Waals surface area contributed by atoms with E-state index in [0.717, 1.165) is 49.7 Å². The molecule has 2 aliphatic heterocycles. The molecule has 3 aromatic rings. The lowest BCUT2D eigenvalue weighted by molar-refractivity contribution is -0.0855. The summed E-state index contributed by atoms with van der Waals surface area (Å²) in [5.74, 6) is 1.28. The monoisotopic (exact) mass is 476 g/mol. The van der Waals surface area contributed by atoms with Gasteiger partial charge in [0.1, 0.15) is 5.76 Å². The van der Waals surface area contributed by atoms with Gasteiger partial charge in [0.05, 0.1) is 31.6 Å². The van der Waals surface area contributed by atoms with E-state index in [1.165, 1.54) is 5.69 Å². The van der Waals surface area contributed by atoms with Crippen LogP contribution in [-0.4, -0.2) is 74.4 Å². The van der Waals surface area contributed by atoms with Crippen LogP contribution in [0.25, 0.3) is 11.5 Å². The van der Waals surface area contributed by atoms with Crippen LogP contribution in [0.4, 0.5) is 5.69 Å². The molecule has 2 saturated heterocycles. The van der Waals surface area contributed by atoms with Gasteiger partial charge in [0.25, 0.3) is 5.91 Å². The lowest BCUT2D eigenvalue weighted by Gasteiger charge is -2.35. The number of para-hydroxylation sites is 1. The van der Waals surface area contributed by atoms with E-state index in [4.69, 9.17) is 18.9 Å². The third kappa shape index (κ3) is 5.90. The fraction of sp³-hybridized carbons (Fsp3) is 0.407. The minimum atomic E-state index is -0.135. The molecule has 2 aromatic carbocycles. The predicted octanol–water partition coefficient (Wildman–Crippen LogP) is 3.12. The predicted molar refractivity (Wildman–Crippen MR) is 134 cm³/mol. The molecule has 0 unspecified atom stereocenters. The molecular weight excluding hydrogens is 444 g/mol. The van der Waals surface area contributed by atoms with E-state index in [-0.39, 0.29) is 12.0 Å². The minimum Gasteiger partial charge on any atom is -0.441 e. The maximum absolute atomic E-state index is 12.5. The number of hydrogen-bond acceptors (Lipinski definition) is 7. The Bertz CT molecular complexity index is 1100. The molecule has 1 N–H and O–H groups in total. The van der Waals surface area contributed by atoms with Crippen LogP contribution in [0.1, 0.15) is 21.8 Å². The molecule has 1 aromatic heterocycles. The SMILES string of the molecule is Cc1oc(-c2ccc(C(=O)NC[C@@H]3COCCO3)cc2)nc1CN1CCN(c2ccccc2)CC1. The molecule has 0 saturated carbocycles. The van der Waals surface area contributed by atoms with Crippen molar-refractivity contribution in [3.63, 3.8) is 0 Å². The summed E-state index contributed by atoms with van der Waals surface area (Å²) in [6, 6.07) is 17.9. The second-order valence-corrected chi connectivity index (χ2v) is 8.98. The van der Waals surface area contributed by atoms with Crippen LogP contribution in [0.3, 0.4) is 0 Å². The molecule has 8 heteroatoms. The normalized spacial score (nSPS) is 19.0. The number of hydrogen-bond donors (Lipinski definition) is 1. The molecule has 184 valence electrons. The third-order valence-electron chi connectivity index (χ3n) is 6.53. The van der Waals surface area contributed by atoms with Crippen molar-refractivity contribution < 1.29 is 18.7 Å². The largest absolute Gasteiger partial charge is 0.441 e. The Hall–Kier alpha value is -3.20. The maximum Gasteiger partial charge on any atom is 0.251 e.